The second kappa shape index (κ2) is 16.8. The van der Waals surface area contributed by atoms with Gasteiger partial charge in [-0.25, -0.2) is 0 Å². The van der Waals surface area contributed by atoms with Gasteiger partial charge in [0.2, 0.25) is 0 Å². The van der Waals surface area contributed by atoms with Crippen LogP contribution in [0.25, 0.3) is 0 Å². The Kier molecular flexibility index (Phi) is 19.6. The van der Waals surface area contributed by atoms with Crippen LogP contribution in [0.15, 0.2) is 0 Å². The van der Waals surface area contributed by atoms with Crippen LogP contribution in [-0.2, 0) is 0 Å². The van der Waals surface area contributed by atoms with Crippen molar-refractivity contribution in [3.8, 4) is 6.07 Å². The van der Waals surface area contributed by atoms with Crippen molar-refractivity contribution in [2.45, 2.75) is 52.4 Å². The van der Waals surface area contributed by atoms with Crippen molar-refractivity contribution in [2.75, 3.05) is 6.61 Å². The molecule has 0 aromatic rings. The molecule has 0 spiro atoms. The van der Waals surface area contributed by atoms with Gasteiger partial charge in [-0.1, -0.05) is 39.0 Å². The Bertz CT molecular complexity index is 90.5. The standard InChI is InChI=1S/C8H18O.C2H3N/c1-2-3-4-5-6-7-8-9;1-2-3/h9H,2-8H2,1H3;1H3. The molecule has 1 N–H and O–H groups in total. The number of hydrogen-bond acceptors (Lipinski definition) is 2. The van der Waals surface area contributed by atoms with Crippen LogP contribution in [0.1, 0.15) is 52.4 Å². The first kappa shape index (κ1) is 14.0. The van der Waals surface area contributed by atoms with Gasteiger partial charge in [0, 0.05) is 13.5 Å². The third-order valence-corrected chi connectivity index (χ3v) is 1.51. The summed E-state index contributed by atoms with van der Waals surface area (Å²) in [7, 11) is 0. The van der Waals surface area contributed by atoms with E-state index in [4.69, 9.17) is 10.4 Å². The summed E-state index contributed by atoms with van der Waals surface area (Å²) in [5, 5.41) is 15.7. The number of nitriles is 1. The number of nitrogens with zero attached hydrogens (tertiary/aromatic N) is 1. The molecule has 0 aliphatic heterocycles. The molecule has 0 aliphatic rings. The van der Waals surface area contributed by atoms with Gasteiger partial charge in [-0.05, 0) is 6.42 Å². The lowest BCUT2D eigenvalue weighted by molar-refractivity contribution is 0.282. The lowest BCUT2D eigenvalue weighted by Gasteiger charge is -1.95. The topological polar surface area (TPSA) is 44.0 Å². The van der Waals surface area contributed by atoms with Gasteiger partial charge in [-0.15, -0.1) is 0 Å². The first-order valence-corrected chi connectivity index (χ1v) is 4.75. The van der Waals surface area contributed by atoms with Crippen molar-refractivity contribution in [1.82, 2.24) is 0 Å². The fourth-order valence-corrected chi connectivity index (χ4v) is 0.892. The molecule has 2 nitrogen and oxygen atoms in total. The van der Waals surface area contributed by atoms with Crippen LogP contribution in [0.2, 0.25) is 0 Å². The number of unbranched alkanes of at least 4 members (excludes halogenated alkanes) is 5. The Morgan fingerprint density at radius 2 is 1.50 bits per heavy atom. The molecular weight excluding hydrogens is 150 g/mol. The average Bonchev–Trinajstić information content (AvgIpc) is 2.06. The Hall–Kier alpha value is -0.550. The molecule has 0 heterocycles. The summed E-state index contributed by atoms with van der Waals surface area (Å²) in [6.45, 7) is 4.01. The molecule has 12 heavy (non-hydrogen) atoms. The summed E-state index contributed by atoms with van der Waals surface area (Å²) >= 11 is 0. The maximum Gasteiger partial charge on any atom is 0.0587 e. The molecule has 0 aromatic heterocycles. The Labute approximate surface area is 76.2 Å². The van der Waals surface area contributed by atoms with Gasteiger partial charge in [0.25, 0.3) is 0 Å². The third-order valence-electron chi connectivity index (χ3n) is 1.51. The van der Waals surface area contributed by atoms with E-state index in [1.807, 2.05) is 0 Å². The largest absolute Gasteiger partial charge is 0.396 e. The Morgan fingerprint density at radius 3 is 1.92 bits per heavy atom. The summed E-state index contributed by atoms with van der Waals surface area (Å²) in [4.78, 5) is 0. The molecule has 2 heteroatoms. The monoisotopic (exact) mass is 171 g/mol. The van der Waals surface area contributed by atoms with Crippen molar-refractivity contribution in [1.29, 1.82) is 5.26 Å². The van der Waals surface area contributed by atoms with Gasteiger partial charge in [-0.3, -0.25) is 0 Å². The Morgan fingerprint density at radius 1 is 1.08 bits per heavy atom. The molecule has 0 saturated carbocycles. The molecule has 0 amide bonds. The highest BCUT2D eigenvalue weighted by Crippen LogP contribution is 2.03. The summed E-state index contributed by atoms with van der Waals surface area (Å²) in [5.74, 6) is 0. The van der Waals surface area contributed by atoms with Gasteiger partial charge >= 0.3 is 0 Å². The molecule has 0 bridgehead atoms. The predicted octanol–water partition coefficient (Wildman–Crippen LogP) is 2.87. The first-order valence-electron chi connectivity index (χ1n) is 4.75. The van der Waals surface area contributed by atoms with E-state index in [-0.39, 0.29) is 0 Å². The van der Waals surface area contributed by atoms with E-state index in [2.05, 4.69) is 6.92 Å². The fraction of sp³-hybridized carbons (Fsp3) is 0.900. The minimum atomic E-state index is 0.367. The van der Waals surface area contributed by atoms with E-state index in [1.54, 1.807) is 6.07 Å². The van der Waals surface area contributed by atoms with Crippen molar-refractivity contribution in [3.05, 3.63) is 0 Å². The van der Waals surface area contributed by atoms with Gasteiger partial charge < -0.3 is 5.11 Å². The maximum atomic E-state index is 8.42. The molecule has 72 valence electrons. The van der Waals surface area contributed by atoms with E-state index >= 15 is 0 Å². The van der Waals surface area contributed by atoms with Crippen LogP contribution in [-0.4, -0.2) is 11.7 Å². The van der Waals surface area contributed by atoms with Gasteiger partial charge in [-0.2, -0.15) is 5.26 Å². The quantitative estimate of drug-likeness (QED) is 0.624. The first-order chi connectivity index (χ1) is 5.83. The van der Waals surface area contributed by atoms with Crippen molar-refractivity contribution < 1.29 is 5.11 Å². The normalized spacial score (nSPS) is 8.17. The number of rotatable bonds is 6. The third kappa shape index (κ3) is 22.7. The highest BCUT2D eigenvalue weighted by Gasteiger charge is 1.86. The molecular formula is C10H21NO. The van der Waals surface area contributed by atoms with Gasteiger partial charge in [0.05, 0.1) is 6.07 Å². The lowest BCUT2D eigenvalue weighted by atomic mass is 10.1. The molecule has 0 aliphatic carbocycles. The minimum Gasteiger partial charge on any atom is -0.396 e. The van der Waals surface area contributed by atoms with Crippen LogP contribution in [0.4, 0.5) is 0 Å². The highest BCUT2D eigenvalue weighted by atomic mass is 16.2. The zero-order valence-electron chi connectivity index (χ0n) is 8.34. The van der Waals surface area contributed by atoms with Gasteiger partial charge in [0.1, 0.15) is 0 Å². The summed E-state index contributed by atoms with van der Waals surface area (Å²) in [5.41, 5.74) is 0. The van der Waals surface area contributed by atoms with E-state index in [0.29, 0.717) is 6.61 Å². The minimum absolute atomic E-state index is 0.367. The van der Waals surface area contributed by atoms with Crippen LogP contribution >= 0.6 is 0 Å². The smallest absolute Gasteiger partial charge is 0.0587 e. The fourth-order valence-electron chi connectivity index (χ4n) is 0.892. The molecule has 0 aromatic carbocycles. The second-order valence-electron chi connectivity index (χ2n) is 2.71. The molecule has 0 unspecified atom stereocenters. The van der Waals surface area contributed by atoms with E-state index in [9.17, 15) is 0 Å². The van der Waals surface area contributed by atoms with Crippen LogP contribution in [0.5, 0.6) is 0 Å². The molecule has 0 fully saturated rings. The van der Waals surface area contributed by atoms with E-state index in [0.717, 1.165) is 6.42 Å². The summed E-state index contributed by atoms with van der Waals surface area (Å²) in [6, 6.07) is 1.75. The molecule has 0 saturated heterocycles. The Balaban J connectivity index is 0. The van der Waals surface area contributed by atoms with E-state index in [1.165, 1.54) is 39.0 Å². The van der Waals surface area contributed by atoms with Crippen molar-refractivity contribution in [3.63, 3.8) is 0 Å². The zero-order valence-corrected chi connectivity index (χ0v) is 8.34. The van der Waals surface area contributed by atoms with E-state index < -0.39 is 0 Å². The lowest BCUT2D eigenvalue weighted by Crippen LogP contribution is -1.82. The maximum absolute atomic E-state index is 8.42. The predicted molar refractivity (Wildman–Crippen MR) is 51.7 cm³/mol. The summed E-state index contributed by atoms with van der Waals surface area (Å²) in [6.07, 6.45) is 7.50. The molecule has 0 rings (SSSR count). The molecule has 0 radical (unpaired) electrons. The van der Waals surface area contributed by atoms with Crippen LogP contribution < -0.4 is 0 Å². The average molecular weight is 171 g/mol. The zero-order chi connectivity index (χ0) is 9.66. The second-order valence-corrected chi connectivity index (χ2v) is 2.71. The van der Waals surface area contributed by atoms with Crippen molar-refractivity contribution >= 4 is 0 Å². The molecule has 0 atom stereocenters. The summed E-state index contributed by atoms with van der Waals surface area (Å²) < 4.78 is 0. The number of hydrogen-bond donors (Lipinski definition) is 1. The number of aliphatic hydroxyl groups excluding tert-OH is 1. The SMILES string of the molecule is CC#N.CCCCCCCCO. The number of aliphatic hydroxyl groups is 1. The van der Waals surface area contributed by atoms with Gasteiger partial charge in [0.15, 0.2) is 0 Å². The van der Waals surface area contributed by atoms with Crippen LogP contribution in [0, 0.1) is 11.3 Å². The van der Waals surface area contributed by atoms with Crippen LogP contribution in [0.3, 0.4) is 0 Å². The highest BCUT2D eigenvalue weighted by molar-refractivity contribution is 4.51. The van der Waals surface area contributed by atoms with Crippen molar-refractivity contribution in [2.24, 2.45) is 0 Å².